The summed E-state index contributed by atoms with van der Waals surface area (Å²) in [5.74, 6) is -0.262. The zero-order chi connectivity index (χ0) is 20.3. The summed E-state index contributed by atoms with van der Waals surface area (Å²) in [5.41, 5.74) is 0.278. The molecule has 0 bridgehead atoms. The molecule has 0 saturated carbocycles. The minimum Gasteiger partial charge on any atom is -0.379 e. The van der Waals surface area contributed by atoms with Gasteiger partial charge in [0.25, 0.3) is 5.91 Å². The van der Waals surface area contributed by atoms with Crippen LogP contribution in [0.25, 0.3) is 0 Å². The van der Waals surface area contributed by atoms with Gasteiger partial charge in [-0.3, -0.25) is 4.79 Å². The molecule has 6 nitrogen and oxygen atoms in total. The van der Waals surface area contributed by atoms with E-state index in [-0.39, 0.29) is 34.5 Å². The Bertz CT molecular complexity index is 956. The number of carbonyl (C=O) groups excluding carboxylic acids is 1. The highest BCUT2D eigenvalue weighted by atomic mass is 35.5. The number of rotatable bonds is 6. The lowest BCUT2D eigenvalue weighted by Gasteiger charge is -2.27. The molecule has 1 aromatic heterocycles. The van der Waals surface area contributed by atoms with Crippen molar-refractivity contribution in [3.63, 3.8) is 0 Å². The molecular weight excluding hydrogens is 443 g/mol. The Hall–Kier alpha value is -1.16. The molecule has 10 heteroatoms. The normalized spacial score (nSPS) is 15.5. The first-order valence-corrected chi connectivity index (χ1v) is 11.7. The van der Waals surface area contributed by atoms with Crippen LogP contribution in [0.1, 0.15) is 22.2 Å². The van der Waals surface area contributed by atoms with Gasteiger partial charge in [0.15, 0.2) is 0 Å². The Morgan fingerprint density at radius 1 is 1.21 bits per heavy atom. The van der Waals surface area contributed by atoms with Crippen LogP contribution >= 0.6 is 34.5 Å². The quantitative estimate of drug-likeness (QED) is 0.655. The van der Waals surface area contributed by atoms with E-state index in [4.69, 9.17) is 27.9 Å². The first-order valence-electron chi connectivity index (χ1n) is 8.74. The minimum absolute atomic E-state index is 0.0582. The van der Waals surface area contributed by atoms with Crippen molar-refractivity contribution in [1.29, 1.82) is 0 Å². The van der Waals surface area contributed by atoms with Crippen LogP contribution in [0.3, 0.4) is 0 Å². The van der Waals surface area contributed by atoms with Crippen molar-refractivity contribution in [3.8, 4) is 0 Å². The van der Waals surface area contributed by atoms with Crippen molar-refractivity contribution in [1.82, 2.24) is 9.21 Å². The van der Waals surface area contributed by atoms with Gasteiger partial charge in [0.05, 0.1) is 29.1 Å². The van der Waals surface area contributed by atoms with Gasteiger partial charge < -0.3 is 9.64 Å². The number of nitrogens with zero attached hydrogens (tertiary/aromatic N) is 2. The lowest BCUT2D eigenvalue weighted by atomic mass is 10.2. The number of ether oxygens (including phenoxy) is 1. The molecule has 2 aromatic rings. The number of sulfonamides is 1. The van der Waals surface area contributed by atoms with Gasteiger partial charge in [-0.05, 0) is 37.3 Å². The van der Waals surface area contributed by atoms with E-state index in [0.717, 1.165) is 4.88 Å². The number of hydrogen-bond donors (Lipinski definition) is 0. The maximum atomic E-state index is 13.0. The van der Waals surface area contributed by atoms with Gasteiger partial charge in [0.1, 0.15) is 4.90 Å². The van der Waals surface area contributed by atoms with Gasteiger partial charge in [-0.1, -0.05) is 23.2 Å². The van der Waals surface area contributed by atoms with Crippen LogP contribution < -0.4 is 0 Å². The first-order chi connectivity index (χ1) is 13.3. The van der Waals surface area contributed by atoms with Gasteiger partial charge in [0.2, 0.25) is 10.0 Å². The summed E-state index contributed by atoms with van der Waals surface area (Å²) in [6.07, 6.45) is 0. The zero-order valence-corrected chi connectivity index (χ0v) is 18.4. The van der Waals surface area contributed by atoms with E-state index in [1.165, 1.54) is 27.8 Å². The van der Waals surface area contributed by atoms with Crippen LogP contribution in [0.4, 0.5) is 0 Å². The van der Waals surface area contributed by atoms with Crippen LogP contribution in [-0.4, -0.2) is 56.4 Å². The molecule has 0 aliphatic carbocycles. The molecule has 1 fully saturated rings. The molecule has 1 amide bonds. The summed E-state index contributed by atoms with van der Waals surface area (Å²) in [6, 6.07) is 8.03. The van der Waals surface area contributed by atoms with Crippen LogP contribution in [0, 0.1) is 0 Å². The summed E-state index contributed by atoms with van der Waals surface area (Å²) >= 11 is 13.6. The largest absolute Gasteiger partial charge is 0.379 e. The Kier molecular flexibility index (Phi) is 7.01. The lowest BCUT2D eigenvalue weighted by Crippen LogP contribution is -2.40. The predicted octanol–water partition coefficient (Wildman–Crippen LogP) is 3.74. The Morgan fingerprint density at radius 3 is 2.54 bits per heavy atom. The third-order valence-corrected chi connectivity index (χ3v) is 8.01. The average molecular weight is 463 g/mol. The molecule has 0 N–H and O–H groups in total. The fourth-order valence-corrected chi connectivity index (χ4v) is 5.91. The molecule has 2 heterocycles. The highest BCUT2D eigenvalue weighted by molar-refractivity contribution is 7.89. The van der Waals surface area contributed by atoms with E-state index in [1.54, 1.807) is 17.0 Å². The molecule has 0 radical (unpaired) electrons. The third-order valence-electron chi connectivity index (χ3n) is 4.41. The van der Waals surface area contributed by atoms with Crippen molar-refractivity contribution in [2.75, 3.05) is 32.8 Å². The average Bonchev–Trinajstić information content (AvgIpc) is 3.11. The molecule has 1 aliphatic rings. The molecular formula is C18H20Cl2N2O4S2. The number of morpholine rings is 1. The van der Waals surface area contributed by atoms with Gasteiger partial charge in [-0.15, -0.1) is 11.3 Å². The number of hydrogen-bond acceptors (Lipinski definition) is 5. The SMILES string of the molecule is CCN(Cc1ccc(Cl)s1)C(=O)c1ccc(Cl)c(S(=O)(=O)N2CCOCC2)c1. The summed E-state index contributed by atoms with van der Waals surface area (Å²) in [4.78, 5) is 15.5. The van der Waals surface area contributed by atoms with Crippen LogP contribution in [0.15, 0.2) is 35.2 Å². The maximum Gasteiger partial charge on any atom is 0.254 e. The minimum atomic E-state index is -3.80. The number of carbonyl (C=O) groups is 1. The fourth-order valence-electron chi connectivity index (χ4n) is 2.89. The number of thiophene rings is 1. The smallest absolute Gasteiger partial charge is 0.254 e. The monoisotopic (exact) mass is 462 g/mol. The van der Waals surface area contributed by atoms with Crippen molar-refractivity contribution in [2.24, 2.45) is 0 Å². The van der Waals surface area contributed by atoms with Crippen molar-refractivity contribution >= 4 is 50.5 Å². The highest BCUT2D eigenvalue weighted by Crippen LogP contribution is 2.28. The van der Waals surface area contributed by atoms with Crippen LogP contribution in [-0.2, 0) is 21.3 Å². The Labute approximate surface area is 178 Å². The lowest BCUT2D eigenvalue weighted by molar-refractivity contribution is 0.0729. The molecule has 1 aromatic carbocycles. The van der Waals surface area contributed by atoms with E-state index >= 15 is 0 Å². The van der Waals surface area contributed by atoms with E-state index in [0.29, 0.717) is 30.6 Å². The van der Waals surface area contributed by atoms with E-state index in [1.807, 2.05) is 13.0 Å². The highest BCUT2D eigenvalue weighted by Gasteiger charge is 2.29. The topological polar surface area (TPSA) is 66.9 Å². The standard InChI is InChI=1S/C18H20Cl2N2O4S2/c1-2-21(12-14-4-6-17(20)27-14)18(23)13-3-5-15(19)16(11-13)28(24,25)22-7-9-26-10-8-22/h3-6,11H,2,7-10,12H2,1H3. The molecule has 152 valence electrons. The summed E-state index contributed by atoms with van der Waals surface area (Å²) in [7, 11) is -3.80. The van der Waals surface area contributed by atoms with Crippen molar-refractivity contribution < 1.29 is 17.9 Å². The molecule has 0 atom stereocenters. The second kappa shape index (κ2) is 9.11. The Balaban J connectivity index is 1.87. The van der Waals surface area contributed by atoms with Gasteiger partial charge in [0, 0.05) is 30.1 Å². The summed E-state index contributed by atoms with van der Waals surface area (Å²) < 4.78 is 33.1. The van der Waals surface area contributed by atoms with Gasteiger partial charge in [-0.2, -0.15) is 4.31 Å². The van der Waals surface area contributed by atoms with Gasteiger partial charge >= 0.3 is 0 Å². The van der Waals surface area contributed by atoms with Gasteiger partial charge in [-0.25, -0.2) is 8.42 Å². The first kappa shape index (κ1) is 21.5. The Morgan fingerprint density at radius 2 is 1.93 bits per heavy atom. The second-order valence-electron chi connectivity index (χ2n) is 6.19. The molecule has 0 unspecified atom stereocenters. The van der Waals surface area contributed by atoms with Crippen LogP contribution in [0.5, 0.6) is 0 Å². The zero-order valence-electron chi connectivity index (χ0n) is 15.2. The maximum absolute atomic E-state index is 13.0. The summed E-state index contributed by atoms with van der Waals surface area (Å²) in [6.45, 7) is 3.94. The van der Waals surface area contributed by atoms with Crippen LogP contribution in [0.2, 0.25) is 9.36 Å². The van der Waals surface area contributed by atoms with E-state index in [2.05, 4.69) is 0 Å². The number of benzene rings is 1. The molecule has 1 aliphatic heterocycles. The molecule has 3 rings (SSSR count). The second-order valence-corrected chi connectivity index (χ2v) is 10.3. The predicted molar refractivity (Wildman–Crippen MR) is 111 cm³/mol. The molecule has 1 saturated heterocycles. The fraction of sp³-hybridized carbons (Fsp3) is 0.389. The van der Waals surface area contributed by atoms with Crippen molar-refractivity contribution in [2.45, 2.75) is 18.4 Å². The number of halogens is 2. The molecule has 0 spiro atoms. The third kappa shape index (κ3) is 4.69. The summed E-state index contributed by atoms with van der Waals surface area (Å²) in [5, 5.41) is 0.0936. The number of amides is 1. The van der Waals surface area contributed by atoms with Crippen molar-refractivity contribution in [3.05, 3.63) is 50.1 Å². The molecule has 28 heavy (non-hydrogen) atoms. The van der Waals surface area contributed by atoms with E-state index in [9.17, 15) is 13.2 Å². The van der Waals surface area contributed by atoms with E-state index < -0.39 is 10.0 Å².